The Morgan fingerprint density at radius 2 is 1.93 bits per heavy atom. The molecule has 1 rings (SSSR count). The Bertz CT molecular complexity index is 209. The summed E-state index contributed by atoms with van der Waals surface area (Å²) in [6, 6.07) is 0. The molecule has 15 heavy (non-hydrogen) atoms. The number of hydrogen-bond donors (Lipinski definition) is 0. The first-order valence-corrected chi connectivity index (χ1v) is 4.74. The van der Waals surface area contributed by atoms with Gasteiger partial charge in [-0.25, -0.2) is 0 Å². The molecule has 0 aromatic carbocycles. The second-order valence-electron chi connectivity index (χ2n) is 3.46. The lowest BCUT2D eigenvalue weighted by atomic mass is 9.96. The van der Waals surface area contributed by atoms with Crippen molar-refractivity contribution in [1.29, 1.82) is 0 Å². The number of ketones is 1. The van der Waals surface area contributed by atoms with Crippen LogP contribution in [0.2, 0.25) is 0 Å². The van der Waals surface area contributed by atoms with Gasteiger partial charge in [0.05, 0.1) is 0 Å². The van der Waals surface area contributed by atoms with Crippen molar-refractivity contribution in [3.05, 3.63) is 0 Å². The molecule has 1 fully saturated rings. The molecule has 1 heterocycles. The third kappa shape index (κ3) is 5.13. The SMILES string of the molecule is O=C(COCC(F)(F)F)C1CCOCC1. The van der Waals surface area contributed by atoms with Gasteiger partial charge in [0.25, 0.3) is 0 Å². The molecule has 1 saturated heterocycles. The Morgan fingerprint density at radius 1 is 1.33 bits per heavy atom. The summed E-state index contributed by atoms with van der Waals surface area (Å²) in [4.78, 5) is 11.3. The fourth-order valence-corrected chi connectivity index (χ4v) is 1.40. The predicted molar refractivity (Wildman–Crippen MR) is 45.4 cm³/mol. The van der Waals surface area contributed by atoms with E-state index in [0.29, 0.717) is 26.1 Å². The van der Waals surface area contributed by atoms with Gasteiger partial charge in [-0.2, -0.15) is 13.2 Å². The van der Waals surface area contributed by atoms with E-state index in [4.69, 9.17) is 4.74 Å². The van der Waals surface area contributed by atoms with Crippen LogP contribution in [0, 0.1) is 5.92 Å². The summed E-state index contributed by atoms with van der Waals surface area (Å²) < 4.78 is 44.4. The minimum Gasteiger partial charge on any atom is -0.381 e. The molecule has 0 atom stereocenters. The Labute approximate surface area is 85.5 Å². The molecule has 1 aliphatic heterocycles. The van der Waals surface area contributed by atoms with E-state index in [-0.39, 0.29) is 11.7 Å². The van der Waals surface area contributed by atoms with Crippen molar-refractivity contribution < 1.29 is 27.4 Å². The average molecular weight is 226 g/mol. The zero-order valence-electron chi connectivity index (χ0n) is 8.18. The summed E-state index contributed by atoms with van der Waals surface area (Å²) in [5.41, 5.74) is 0. The molecular formula is C9H13F3O3. The molecule has 0 radical (unpaired) electrons. The Kier molecular flexibility index (Phi) is 4.53. The van der Waals surface area contributed by atoms with Crippen molar-refractivity contribution in [2.75, 3.05) is 26.4 Å². The van der Waals surface area contributed by atoms with Crippen LogP contribution in [-0.2, 0) is 14.3 Å². The van der Waals surface area contributed by atoms with Gasteiger partial charge in [-0.1, -0.05) is 0 Å². The molecule has 88 valence electrons. The van der Waals surface area contributed by atoms with Crippen molar-refractivity contribution in [1.82, 2.24) is 0 Å². The molecule has 0 aliphatic carbocycles. The van der Waals surface area contributed by atoms with Crippen LogP contribution >= 0.6 is 0 Å². The standard InChI is InChI=1S/C9H13F3O3/c10-9(11,12)6-15-5-8(13)7-1-3-14-4-2-7/h7H,1-6H2. The van der Waals surface area contributed by atoms with E-state index in [9.17, 15) is 18.0 Å². The smallest absolute Gasteiger partial charge is 0.381 e. The van der Waals surface area contributed by atoms with Crippen LogP contribution in [0.5, 0.6) is 0 Å². The van der Waals surface area contributed by atoms with Gasteiger partial charge < -0.3 is 9.47 Å². The highest BCUT2D eigenvalue weighted by Gasteiger charge is 2.29. The summed E-state index contributed by atoms with van der Waals surface area (Å²) in [5, 5.41) is 0. The van der Waals surface area contributed by atoms with E-state index in [1.807, 2.05) is 0 Å². The van der Waals surface area contributed by atoms with E-state index in [1.165, 1.54) is 0 Å². The van der Waals surface area contributed by atoms with Crippen molar-refractivity contribution in [2.45, 2.75) is 19.0 Å². The fraction of sp³-hybridized carbons (Fsp3) is 0.889. The Balaban J connectivity index is 2.17. The lowest BCUT2D eigenvalue weighted by Crippen LogP contribution is -2.28. The highest BCUT2D eigenvalue weighted by Crippen LogP contribution is 2.17. The highest BCUT2D eigenvalue weighted by molar-refractivity contribution is 5.82. The highest BCUT2D eigenvalue weighted by atomic mass is 19.4. The zero-order valence-corrected chi connectivity index (χ0v) is 8.18. The van der Waals surface area contributed by atoms with E-state index in [0.717, 1.165) is 0 Å². The van der Waals surface area contributed by atoms with Crippen LogP contribution in [0.4, 0.5) is 13.2 Å². The monoisotopic (exact) mass is 226 g/mol. The molecule has 0 aromatic heterocycles. The molecule has 1 aliphatic rings. The third-order valence-electron chi connectivity index (χ3n) is 2.19. The minimum absolute atomic E-state index is 0.202. The average Bonchev–Trinajstić information content (AvgIpc) is 2.17. The van der Waals surface area contributed by atoms with Crippen molar-refractivity contribution in [3.63, 3.8) is 0 Å². The molecule has 0 unspecified atom stereocenters. The lowest BCUT2D eigenvalue weighted by Gasteiger charge is -2.20. The predicted octanol–water partition coefficient (Wildman–Crippen LogP) is 1.56. The van der Waals surface area contributed by atoms with Crippen molar-refractivity contribution in [3.8, 4) is 0 Å². The zero-order chi connectivity index (χ0) is 11.3. The largest absolute Gasteiger partial charge is 0.411 e. The van der Waals surface area contributed by atoms with Gasteiger partial charge in [0, 0.05) is 19.1 Å². The van der Waals surface area contributed by atoms with Crippen LogP contribution in [0.15, 0.2) is 0 Å². The third-order valence-corrected chi connectivity index (χ3v) is 2.19. The maximum absolute atomic E-state index is 11.7. The molecule has 0 N–H and O–H groups in total. The molecule has 0 aromatic rings. The molecule has 6 heteroatoms. The van der Waals surface area contributed by atoms with Crippen LogP contribution in [-0.4, -0.2) is 38.4 Å². The summed E-state index contributed by atoms with van der Waals surface area (Å²) >= 11 is 0. The van der Waals surface area contributed by atoms with Gasteiger partial charge in [-0.15, -0.1) is 0 Å². The quantitative estimate of drug-likeness (QED) is 0.729. The summed E-state index contributed by atoms with van der Waals surface area (Å²) in [6.45, 7) is -0.822. The lowest BCUT2D eigenvalue weighted by molar-refractivity contribution is -0.176. The maximum atomic E-state index is 11.7. The van der Waals surface area contributed by atoms with Gasteiger partial charge in [-0.05, 0) is 12.8 Å². The van der Waals surface area contributed by atoms with Gasteiger partial charge in [-0.3, -0.25) is 4.79 Å². The summed E-state index contributed by atoms with van der Waals surface area (Å²) in [6.07, 6.45) is -3.21. The number of alkyl halides is 3. The molecule has 3 nitrogen and oxygen atoms in total. The fourth-order valence-electron chi connectivity index (χ4n) is 1.40. The van der Waals surface area contributed by atoms with Crippen LogP contribution in [0.3, 0.4) is 0 Å². The number of carbonyl (C=O) groups excluding carboxylic acids is 1. The number of Topliss-reactive ketones (excluding diaryl/α,β-unsaturated/α-hetero) is 1. The van der Waals surface area contributed by atoms with Gasteiger partial charge in [0.1, 0.15) is 13.2 Å². The van der Waals surface area contributed by atoms with Gasteiger partial charge in [0.15, 0.2) is 5.78 Å². The molecular weight excluding hydrogens is 213 g/mol. The van der Waals surface area contributed by atoms with Gasteiger partial charge in [0.2, 0.25) is 0 Å². The van der Waals surface area contributed by atoms with Crippen molar-refractivity contribution in [2.24, 2.45) is 5.92 Å². The van der Waals surface area contributed by atoms with E-state index in [2.05, 4.69) is 4.74 Å². The topological polar surface area (TPSA) is 35.5 Å². The molecule has 0 spiro atoms. The maximum Gasteiger partial charge on any atom is 0.411 e. The second kappa shape index (κ2) is 5.46. The number of hydrogen-bond acceptors (Lipinski definition) is 3. The van der Waals surface area contributed by atoms with Crippen molar-refractivity contribution >= 4 is 5.78 Å². The summed E-state index contributed by atoms with van der Waals surface area (Å²) in [5.74, 6) is -0.463. The molecule has 0 bridgehead atoms. The number of rotatable bonds is 4. The molecule has 0 amide bonds. The van der Waals surface area contributed by atoms with Crippen LogP contribution in [0.1, 0.15) is 12.8 Å². The van der Waals surface area contributed by atoms with Crippen LogP contribution < -0.4 is 0 Å². The first-order valence-electron chi connectivity index (χ1n) is 4.74. The number of halogens is 3. The van der Waals surface area contributed by atoms with E-state index in [1.54, 1.807) is 0 Å². The van der Waals surface area contributed by atoms with E-state index >= 15 is 0 Å². The van der Waals surface area contributed by atoms with Gasteiger partial charge >= 0.3 is 6.18 Å². The number of ether oxygens (including phenoxy) is 2. The second-order valence-corrected chi connectivity index (χ2v) is 3.46. The normalized spacial score (nSPS) is 19.1. The summed E-state index contributed by atoms with van der Waals surface area (Å²) in [7, 11) is 0. The Morgan fingerprint density at radius 3 is 2.47 bits per heavy atom. The van der Waals surface area contributed by atoms with Crippen LogP contribution in [0.25, 0.3) is 0 Å². The first-order chi connectivity index (χ1) is 6.99. The first kappa shape index (κ1) is 12.4. The Hall–Kier alpha value is -0.620. The number of carbonyl (C=O) groups is 1. The minimum atomic E-state index is -4.37. The van der Waals surface area contributed by atoms with E-state index < -0.39 is 19.4 Å². The molecule has 0 saturated carbocycles.